The lowest BCUT2D eigenvalue weighted by atomic mass is 10.0. The first-order valence-corrected chi connectivity index (χ1v) is 9.76. The second kappa shape index (κ2) is 10.1. The van der Waals surface area contributed by atoms with Gasteiger partial charge in [0.25, 0.3) is 11.8 Å². The molecule has 3 N–H and O–H groups in total. The van der Waals surface area contributed by atoms with Gasteiger partial charge in [-0.1, -0.05) is 25.1 Å². The Balaban J connectivity index is 1.97. The van der Waals surface area contributed by atoms with Gasteiger partial charge in [0.05, 0.1) is 7.11 Å². The Kier molecular flexibility index (Phi) is 7.21. The Bertz CT molecular complexity index is 1120. The molecule has 0 aliphatic carbocycles. The van der Waals surface area contributed by atoms with E-state index in [0.717, 1.165) is 11.1 Å². The summed E-state index contributed by atoms with van der Waals surface area (Å²) in [6, 6.07) is 13.0. The molecule has 0 spiro atoms. The summed E-state index contributed by atoms with van der Waals surface area (Å²) < 4.78 is 44.4. The number of hydrogen-bond donors (Lipinski definition) is 2. The molecule has 1 atom stereocenters. The van der Waals surface area contributed by atoms with Crippen LogP contribution >= 0.6 is 0 Å². The number of ether oxygens (including phenoxy) is 3. The molecule has 0 radical (unpaired) electrons. The van der Waals surface area contributed by atoms with Crippen LogP contribution in [0.5, 0.6) is 23.3 Å². The Morgan fingerprint density at radius 1 is 1.06 bits per heavy atom. The van der Waals surface area contributed by atoms with Crippen LogP contribution in [-0.2, 0) is 11.3 Å². The zero-order chi connectivity index (χ0) is 23.3. The van der Waals surface area contributed by atoms with Gasteiger partial charge < -0.3 is 25.1 Å². The number of halogens is 2. The number of rotatable bonds is 9. The monoisotopic (exact) mass is 444 g/mol. The van der Waals surface area contributed by atoms with Gasteiger partial charge in [0, 0.05) is 18.7 Å². The van der Waals surface area contributed by atoms with Crippen molar-refractivity contribution in [2.45, 2.75) is 26.0 Å². The second-order valence-corrected chi connectivity index (χ2v) is 6.82. The summed E-state index contributed by atoms with van der Waals surface area (Å²) in [4.78, 5) is 14.9. The lowest BCUT2D eigenvalue weighted by molar-refractivity contribution is -0.145. The summed E-state index contributed by atoms with van der Waals surface area (Å²) >= 11 is 0. The van der Waals surface area contributed by atoms with E-state index in [1.165, 1.54) is 13.2 Å². The van der Waals surface area contributed by atoms with Crippen molar-refractivity contribution in [2.24, 2.45) is 5.73 Å². The molecule has 1 aromatic heterocycles. The third-order valence-corrected chi connectivity index (χ3v) is 4.59. The Labute approximate surface area is 183 Å². The second-order valence-electron chi connectivity index (χ2n) is 6.82. The molecule has 168 valence electrons. The zero-order valence-corrected chi connectivity index (χ0v) is 17.5. The summed E-state index contributed by atoms with van der Waals surface area (Å²) in [7, 11) is 1.47. The van der Waals surface area contributed by atoms with Crippen LogP contribution in [0.25, 0.3) is 11.1 Å². The molecule has 3 rings (SSSR count). The Morgan fingerprint density at radius 2 is 1.78 bits per heavy atom. The van der Waals surface area contributed by atoms with Crippen molar-refractivity contribution >= 4 is 5.97 Å². The van der Waals surface area contributed by atoms with Gasteiger partial charge in [0.1, 0.15) is 11.5 Å². The van der Waals surface area contributed by atoms with Crippen LogP contribution in [0, 0.1) is 11.6 Å². The first kappa shape index (κ1) is 23.0. The van der Waals surface area contributed by atoms with E-state index in [4.69, 9.17) is 25.1 Å². The number of nitrogens with zero attached hydrogens (tertiary/aromatic N) is 1. The largest absolute Gasteiger partial charge is 0.497 e. The molecule has 32 heavy (non-hydrogen) atoms. The van der Waals surface area contributed by atoms with Gasteiger partial charge in [-0.05, 0) is 41.3 Å². The fourth-order valence-electron chi connectivity index (χ4n) is 2.94. The average molecular weight is 444 g/mol. The zero-order valence-electron chi connectivity index (χ0n) is 17.5. The van der Waals surface area contributed by atoms with Crippen LogP contribution < -0.4 is 19.9 Å². The fraction of sp³-hybridized carbons (Fsp3) is 0.217. The number of carbonyl (C=O) groups is 1. The molecule has 0 aliphatic rings. The van der Waals surface area contributed by atoms with Gasteiger partial charge in [-0.3, -0.25) is 0 Å². The molecule has 0 amide bonds. The molecule has 3 aromatic rings. The van der Waals surface area contributed by atoms with Crippen molar-refractivity contribution in [1.82, 2.24) is 4.98 Å². The summed E-state index contributed by atoms with van der Waals surface area (Å²) in [6.45, 7) is 1.92. The van der Waals surface area contributed by atoms with Crippen molar-refractivity contribution in [3.05, 3.63) is 65.7 Å². The normalized spacial score (nSPS) is 11.7. The maximum Gasteiger partial charge on any atom is 0.344 e. The van der Waals surface area contributed by atoms with Crippen LogP contribution in [0.15, 0.2) is 48.5 Å². The van der Waals surface area contributed by atoms with Crippen molar-refractivity contribution in [1.29, 1.82) is 0 Å². The molecule has 0 saturated heterocycles. The van der Waals surface area contributed by atoms with Crippen LogP contribution in [0.3, 0.4) is 0 Å². The van der Waals surface area contributed by atoms with E-state index >= 15 is 0 Å². The number of carboxylic acid groups (broad SMARTS) is 1. The molecule has 1 heterocycles. The van der Waals surface area contributed by atoms with Crippen molar-refractivity contribution in [3.63, 3.8) is 0 Å². The number of methoxy groups -OCH3 is 1. The van der Waals surface area contributed by atoms with E-state index in [1.54, 1.807) is 19.1 Å². The molecular formula is C23H22F2N2O5. The number of benzene rings is 2. The minimum absolute atomic E-state index is 0.0606. The number of aromatic nitrogens is 1. The minimum Gasteiger partial charge on any atom is -0.497 e. The standard InChI is InChI=1S/C23H22F2N2O5/c1-3-20(23(28)29)32-22-19(25)11-18(24)21(27-22)31-17-9-15(8-16(10-17)30-2)14-6-4-5-13(7-14)12-26/h4-11,20H,3,12,26H2,1-2H3,(H,28,29). The number of nitrogens with two attached hydrogens (primary N) is 1. The van der Waals surface area contributed by atoms with Gasteiger partial charge in [0.15, 0.2) is 17.7 Å². The van der Waals surface area contributed by atoms with Gasteiger partial charge in [-0.15, -0.1) is 0 Å². The quantitative estimate of drug-likeness (QED) is 0.500. The van der Waals surface area contributed by atoms with E-state index in [0.29, 0.717) is 23.9 Å². The van der Waals surface area contributed by atoms with E-state index in [1.807, 2.05) is 24.3 Å². The number of hydrogen-bond acceptors (Lipinski definition) is 6. The molecule has 0 bridgehead atoms. The van der Waals surface area contributed by atoms with Crippen molar-refractivity contribution in [3.8, 4) is 34.4 Å². The molecule has 9 heteroatoms. The Morgan fingerprint density at radius 3 is 2.44 bits per heavy atom. The third-order valence-electron chi connectivity index (χ3n) is 4.59. The molecule has 0 fully saturated rings. The highest BCUT2D eigenvalue weighted by atomic mass is 19.1. The van der Waals surface area contributed by atoms with Gasteiger partial charge in [0.2, 0.25) is 0 Å². The van der Waals surface area contributed by atoms with Crippen molar-refractivity contribution in [2.75, 3.05) is 7.11 Å². The fourth-order valence-corrected chi connectivity index (χ4v) is 2.94. The predicted octanol–water partition coefficient (Wildman–Crippen LogP) is 4.53. The van der Waals surface area contributed by atoms with E-state index < -0.39 is 35.5 Å². The first-order valence-electron chi connectivity index (χ1n) is 9.76. The first-order chi connectivity index (χ1) is 15.3. The van der Waals surface area contributed by atoms with E-state index in [9.17, 15) is 13.6 Å². The van der Waals surface area contributed by atoms with Crippen LogP contribution in [0.2, 0.25) is 0 Å². The average Bonchev–Trinajstić information content (AvgIpc) is 2.79. The molecule has 0 aliphatic heterocycles. The maximum absolute atomic E-state index is 14.4. The van der Waals surface area contributed by atoms with Crippen LogP contribution in [-0.4, -0.2) is 29.3 Å². The number of pyridine rings is 1. The number of aliphatic carboxylic acids is 1. The smallest absolute Gasteiger partial charge is 0.344 e. The molecule has 0 saturated carbocycles. The summed E-state index contributed by atoms with van der Waals surface area (Å²) in [6.07, 6.45) is -1.28. The molecular weight excluding hydrogens is 422 g/mol. The highest BCUT2D eigenvalue weighted by Crippen LogP contribution is 2.34. The Hall–Kier alpha value is -3.72. The SMILES string of the molecule is CCC(Oc1nc(Oc2cc(OC)cc(-c3cccc(CN)c3)c2)c(F)cc1F)C(=O)O. The van der Waals surface area contributed by atoms with Crippen LogP contribution in [0.1, 0.15) is 18.9 Å². The number of carboxylic acids is 1. The highest BCUT2D eigenvalue weighted by Gasteiger charge is 2.22. The topological polar surface area (TPSA) is 104 Å². The third kappa shape index (κ3) is 5.30. The predicted molar refractivity (Wildman–Crippen MR) is 113 cm³/mol. The highest BCUT2D eigenvalue weighted by molar-refractivity contribution is 5.72. The molecule has 7 nitrogen and oxygen atoms in total. The lowest BCUT2D eigenvalue weighted by Gasteiger charge is -2.15. The molecule has 1 unspecified atom stereocenters. The van der Waals surface area contributed by atoms with Gasteiger partial charge >= 0.3 is 5.97 Å². The van der Waals surface area contributed by atoms with E-state index in [-0.39, 0.29) is 12.2 Å². The minimum atomic E-state index is -1.34. The van der Waals surface area contributed by atoms with Crippen molar-refractivity contribution < 1.29 is 32.9 Å². The molecule has 2 aromatic carbocycles. The van der Waals surface area contributed by atoms with Gasteiger partial charge in [-0.2, -0.15) is 4.98 Å². The maximum atomic E-state index is 14.4. The lowest BCUT2D eigenvalue weighted by Crippen LogP contribution is -2.26. The summed E-state index contributed by atoms with van der Waals surface area (Å²) in [5, 5.41) is 9.12. The summed E-state index contributed by atoms with van der Waals surface area (Å²) in [5.41, 5.74) is 8.18. The summed E-state index contributed by atoms with van der Waals surface area (Å²) in [5.74, 6) is -4.14. The van der Waals surface area contributed by atoms with Crippen LogP contribution in [0.4, 0.5) is 8.78 Å². The van der Waals surface area contributed by atoms with E-state index in [2.05, 4.69) is 4.98 Å². The van der Waals surface area contributed by atoms with Gasteiger partial charge in [-0.25, -0.2) is 13.6 Å².